The van der Waals surface area contributed by atoms with Gasteiger partial charge in [-0.05, 0) is 33.6 Å². The molecule has 6 nitrogen and oxygen atoms in total. The lowest BCUT2D eigenvalue weighted by Crippen LogP contribution is -2.33. The molecule has 110 valence electrons. The van der Waals surface area contributed by atoms with E-state index in [0.29, 0.717) is 11.8 Å². The third-order valence-corrected chi connectivity index (χ3v) is 3.04. The number of rotatable bonds is 5. The molecule has 1 saturated heterocycles. The highest BCUT2D eigenvalue weighted by atomic mass is 16.5. The van der Waals surface area contributed by atoms with Gasteiger partial charge in [-0.1, -0.05) is 0 Å². The van der Waals surface area contributed by atoms with Crippen LogP contribution in [0.3, 0.4) is 0 Å². The molecule has 1 aliphatic rings. The van der Waals surface area contributed by atoms with E-state index in [1.807, 2.05) is 25.7 Å². The number of hydrogen-bond donors (Lipinski definition) is 1. The van der Waals surface area contributed by atoms with Crippen molar-refractivity contribution in [2.75, 3.05) is 25.0 Å². The monoisotopic (exact) mass is 278 g/mol. The van der Waals surface area contributed by atoms with Gasteiger partial charge in [0.25, 0.3) is 0 Å². The van der Waals surface area contributed by atoms with Crippen LogP contribution in [0.4, 0.5) is 5.95 Å². The smallest absolute Gasteiger partial charge is 0.241 e. The number of amides is 1. The Kier molecular flexibility index (Phi) is 4.76. The minimum Gasteiger partial charge on any atom is -0.475 e. The number of hydrogen-bond acceptors (Lipinski definition) is 5. The molecule has 2 rings (SSSR count). The van der Waals surface area contributed by atoms with Gasteiger partial charge in [0, 0.05) is 24.8 Å². The maximum Gasteiger partial charge on any atom is 0.241 e. The number of carbonyl (C=O) groups is 1. The lowest BCUT2D eigenvalue weighted by molar-refractivity contribution is -0.128. The van der Waals surface area contributed by atoms with Crippen molar-refractivity contribution >= 4 is 11.9 Å². The molecule has 20 heavy (non-hydrogen) atoms. The van der Waals surface area contributed by atoms with Crippen molar-refractivity contribution in [3.05, 3.63) is 11.8 Å². The Morgan fingerprint density at radius 2 is 2.10 bits per heavy atom. The Labute approximate surface area is 119 Å². The fourth-order valence-corrected chi connectivity index (χ4v) is 2.15. The van der Waals surface area contributed by atoms with Crippen molar-refractivity contribution < 1.29 is 9.53 Å². The van der Waals surface area contributed by atoms with E-state index in [0.717, 1.165) is 31.6 Å². The number of aromatic nitrogens is 2. The zero-order valence-electron chi connectivity index (χ0n) is 12.3. The van der Waals surface area contributed by atoms with E-state index < -0.39 is 0 Å². The molecule has 1 aliphatic heterocycles. The van der Waals surface area contributed by atoms with Crippen LogP contribution in [0.2, 0.25) is 0 Å². The second kappa shape index (κ2) is 6.54. The Morgan fingerprint density at radius 3 is 2.75 bits per heavy atom. The highest BCUT2D eigenvalue weighted by Gasteiger charge is 2.17. The standard InChI is InChI=1S/C14H22N4O2/c1-10(2)20-12-8-11(3)16-14(17-12)15-9-13(19)18-6-4-5-7-18/h8,10H,4-7,9H2,1-3H3,(H,15,16,17). The van der Waals surface area contributed by atoms with Gasteiger partial charge >= 0.3 is 0 Å². The van der Waals surface area contributed by atoms with E-state index in [9.17, 15) is 4.79 Å². The summed E-state index contributed by atoms with van der Waals surface area (Å²) in [6.07, 6.45) is 2.25. The zero-order chi connectivity index (χ0) is 14.5. The fraction of sp³-hybridized carbons (Fsp3) is 0.643. The summed E-state index contributed by atoms with van der Waals surface area (Å²) in [6.45, 7) is 7.71. The molecule has 0 spiro atoms. The van der Waals surface area contributed by atoms with Gasteiger partial charge in [-0.25, -0.2) is 4.98 Å². The fourth-order valence-electron chi connectivity index (χ4n) is 2.15. The summed E-state index contributed by atoms with van der Waals surface area (Å²) in [6, 6.07) is 1.79. The van der Waals surface area contributed by atoms with Crippen LogP contribution in [0, 0.1) is 6.92 Å². The second-order valence-electron chi connectivity index (χ2n) is 5.28. The Bertz CT molecular complexity index is 470. The molecule has 1 aromatic heterocycles. The number of nitrogens with zero attached hydrogens (tertiary/aromatic N) is 3. The minimum absolute atomic E-state index is 0.0587. The van der Waals surface area contributed by atoms with Crippen LogP contribution in [0.15, 0.2) is 6.07 Å². The Hall–Kier alpha value is -1.85. The van der Waals surface area contributed by atoms with E-state index >= 15 is 0 Å². The summed E-state index contributed by atoms with van der Waals surface area (Å²) in [4.78, 5) is 22.3. The Balaban J connectivity index is 1.94. The van der Waals surface area contributed by atoms with Crippen LogP contribution >= 0.6 is 0 Å². The normalized spacial score (nSPS) is 14.7. The highest BCUT2D eigenvalue weighted by Crippen LogP contribution is 2.14. The van der Waals surface area contributed by atoms with Crippen LogP contribution in [0.25, 0.3) is 0 Å². The summed E-state index contributed by atoms with van der Waals surface area (Å²) in [5.41, 5.74) is 0.812. The average molecular weight is 278 g/mol. The summed E-state index contributed by atoms with van der Waals surface area (Å²) in [7, 11) is 0. The molecular weight excluding hydrogens is 256 g/mol. The molecule has 0 aliphatic carbocycles. The quantitative estimate of drug-likeness (QED) is 0.886. The van der Waals surface area contributed by atoms with Crippen LogP contribution in [-0.2, 0) is 4.79 Å². The van der Waals surface area contributed by atoms with Gasteiger partial charge in [-0.3, -0.25) is 4.79 Å². The predicted molar refractivity (Wildman–Crippen MR) is 76.8 cm³/mol. The van der Waals surface area contributed by atoms with Gasteiger partial charge in [0.1, 0.15) is 0 Å². The molecule has 0 radical (unpaired) electrons. The van der Waals surface area contributed by atoms with Crippen molar-refractivity contribution in [3.63, 3.8) is 0 Å². The number of anilines is 1. The Morgan fingerprint density at radius 1 is 1.40 bits per heavy atom. The first-order valence-electron chi connectivity index (χ1n) is 7.08. The number of carbonyl (C=O) groups excluding carboxylic acids is 1. The SMILES string of the molecule is Cc1cc(OC(C)C)nc(NCC(=O)N2CCCC2)n1. The summed E-state index contributed by atoms with van der Waals surface area (Å²) >= 11 is 0. The third kappa shape index (κ3) is 4.08. The first-order valence-corrected chi connectivity index (χ1v) is 7.08. The summed E-state index contributed by atoms with van der Waals surface area (Å²) in [5, 5.41) is 2.98. The van der Waals surface area contributed by atoms with E-state index in [2.05, 4.69) is 15.3 Å². The molecule has 1 fully saturated rings. The molecule has 6 heteroatoms. The number of aryl methyl sites for hydroxylation is 1. The van der Waals surface area contributed by atoms with Gasteiger partial charge in [0.05, 0.1) is 12.6 Å². The predicted octanol–water partition coefficient (Wildman–Crippen LogP) is 1.61. The number of nitrogens with one attached hydrogen (secondary N) is 1. The van der Waals surface area contributed by atoms with Gasteiger partial charge < -0.3 is 15.0 Å². The summed E-state index contributed by atoms with van der Waals surface area (Å²) in [5.74, 6) is 1.07. The van der Waals surface area contributed by atoms with Crippen LogP contribution in [0.5, 0.6) is 5.88 Å². The maximum atomic E-state index is 11.9. The molecule has 0 atom stereocenters. The molecule has 1 amide bonds. The van der Waals surface area contributed by atoms with E-state index in [-0.39, 0.29) is 18.6 Å². The molecule has 1 aromatic rings. The molecule has 1 N–H and O–H groups in total. The largest absolute Gasteiger partial charge is 0.475 e. The zero-order valence-corrected chi connectivity index (χ0v) is 12.3. The van der Waals surface area contributed by atoms with Gasteiger partial charge in [0.2, 0.25) is 17.7 Å². The second-order valence-corrected chi connectivity index (χ2v) is 5.28. The maximum absolute atomic E-state index is 11.9. The highest BCUT2D eigenvalue weighted by molar-refractivity contribution is 5.80. The van der Waals surface area contributed by atoms with Gasteiger partial charge in [-0.15, -0.1) is 0 Å². The van der Waals surface area contributed by atoms with E-state index in [4.69, 9.17) is 4.74 Å². The molecule has 0 aromatic carbocycles. The van der Waals surface area contributed by atoms with Crippen LogP contribution < -0.4 is 10.1 Å². The van der Waals surface area contributed by atoms with Crippen LogP contribution in [-0.4, -0.2) is 46.5 Å². The number of likely N-dealkylation sites (tertiary alicyclic amines) is 1. The average Bonchev–Trinajstić information content (AvgIpc) is 2.88. The van der Waals surface area contributed by atoms with Crippen LogP contribution in [0.1, 0.15) is 32.4 Å². The lowest BCUT2D eigenvalue weighted by Gasteiger charge is -2.16. The molecule has 0 saturated carbocycles. The van der Waals surface area contributed by atoms with Crippen molar-refractivity contribution in [2.45, 2.75) is 39.7 Å². The summed E-state index contributed by atoms with van der Waals surface area (Å²) < 4.78 is 5.56. The lowest BCUT2D eigenvalue weighted by atomic mass is 10.4. The molecule has 2 heterocycles. The first-order chi connectivity index (χ1) is 9.54. The molecule has 0 unspecified atom stereocenters. The first kappa shape index (κ1) is 14.6. The van der Waals surface area contributed by atoms with Crippen molar-refractivity contribution in [3.8, 4) is 5.88 Å². The van der Waals surface area contributed by atoms with Gasteiger partial charge in [0.15, 0.2) is 0 Å². The minimum atomic E-state index is 0.0587. The molecule has 0 bridgehead atoms. The topological polar surface area (TPSA) is 67.3 Å². The third-order valence-electron chi connectivity index (χ3n) is 3.04. The number of ether oxygens (including phenoxy) is 1. The van der Waals surface area contributed by atoms with Crippen molar-refractivity contribution in [2.24, 2.45) is 0 Å². The van der Waals surface area contributed by atoms with E-state index in [1.165, 1.54) is 0 Å². The van der Waals surface area contributed by atoms with Crippen molar-refractivity contribution in [1.29, 1.82) is 0 Å². The van der Waals surface area contributed by atoms with Crippen molar-refractivity contribution in [1.82, 2.24) is 14.9 Å². The van der Waals surface area contributed by atoms with Gasteiger partial charge in [-0.2, -0.15) is 4.98 Å². The molecular formula is C14H22N4O2. The van der Waals surface area contributed by atoms with E-state index in [1.54, 1.807) is 6.07 Å².